The Morgan fingerprint density at radius 3 is 2.50 bits per heavy atom. The molecule has 0 N–H and O–H groups in total. The lowest BCUT2D eigenvalue weighted by Crippen LogP contribution is -2.46. The highest BCUT2D eigenvalue weighted by Gasteiger charge is 2.57. The van der Waals surface area contributed by atoms with Crippen molar-refractivity contribution in [2.24, 2.45) is 5.92 Å². The summed E-state index contributed by atoms with van der Waals surface area (Å²) in [6.07, 6.45) is 1.29. The lowest BCUT2D eigenvalue weighted by Gasteiger charge is -2.29. The number of esters is 1. The monoisotopic (exact) mass is 255 g/mol. The summed E-state index contributed by atoms with van der Waals surface area (Å²) < 4.78 is 10.4. The molecule has 18 heavy (non-hydrogen) atoms. The lowest BCUT2D eigenvalue weighted by atomic mass is 10.1. The van der Waals surface area contributed by atoms with Crippen LogP contribution in [0.15, 0.2) is 0 Å². The zero-order chi connectivity index (χ0) is 13.5. The van der Waals surface area contributed by atoms with Crippen molar-refractivity contribution in [3.05, 3.63) is 0 Å². The van der Waals surface area contributed by atoms with Gasteiger partial charge in [-0.25, -0.2) is 9.59 Å². The molecule has 2 aliphatic rings. The van der Waals surface area contributed by atoms with Crippen molar-refractivity contribution >= 4 is 12.1 Å². The molecule has 102 valence electrons. The maximum atomic E-state index is 12.1. The molecule has 1 aliphatic heterocycles. The average Bonchev–Trinajstić information content (AvgIpc) is 2.86. The number of rotatable bonds is 2. The summed E-state index contributed by atoms with van der Waals surface area (Å²) in [4.78, 5) is 25.5. The Labute approximate surface area is 107 Å². The van der Waals surface area contributed by atoms with Gasteiger partial charge in [0.15, 0.2) is 0 Å². The van der Waals surface area contributed by atoms with Crippen LogP contribution in [0.1, 0.15) is 40.5 Å². The molecule has 1 heterocycles. The summed E-state index contributed by atoms with van der Waals surface area (Å²) in [6, 6.07) is -0.280. The van der Waals surface area contributed by atoms with E-state index in [4.69, 9.17) is 9.47 Å². The van der Waals surface area contributed by atoms with Crippen molar-refractivity contribution in [1.29, 1.82) is 0 Å². The van der Waals surface area contributed by atoms with Gasteiger partial charge in [0, 0.05) is 6.04 Å². The van der Waals surface area contributed by atoms with Crippen molar-refractivity contribution in [1.82, 2.24) is 4.90 Å². The SMILES string of the molecule is CCOC(=O)[C@H]1C[C@H]2C[C@H]2N1C(=O)OC(C)(C)C. The highest BCUT2D eigenvalue weighted by Crippen LogP contribution is 2.48. The van der Waals surface area contributed by atoms with Gasteiger partial charge in [0.2, 0.25) is 0 Å². The van der Waals surface area contributed by atoms with Gasteiger partial charge >= 0.3 is 12.1 Å². The number of amides is 1. The molecule has 0 unspecified atom stereocenters. The first-order chi connectivity index (χ1) is 8.33. The van der Waals surface area contributed by atoms with E-state index in [-0.39, 0.29) is 12.0 Å². The van der Waals surface area contributed by atoms with E-state index in [9.17, 15) is 9.59 Å². The van der Waals surface area contributed by atoms with Crippen LogP contribution in [-0.4, -0.2) is 41.3 Å². The first-order valence-corrected chi connectivity index (χ1v) is 6.51. The summed E-state index contributed by atoms with van der Waals surface area (Å²) >= 11 is 0. The summed E-state index contributed by atoms with van der Waals surface area (Å²) in [6.45, 7) is 7.58. The smallest absolute Gasteiger partial charge is 0.411 e. The van der Waals surface area contributed by atoms with Gasteiger partial charge in [-0.05, 0) is 46.5 Å². The Hall–Kier alpha value is -1.26. The first kappa shape index (κ1) is 13.2. The number of ether oxygens (including phenoxy) is 2. The van der Waals surface area contributed by atoms with Crippen molar-refractivity contribution in [2.45, 2.75) is 58.2 Å². The number of nitrogens with zero attached hydrogens (tertiary/aromatic N) is 1. The molecule has 2 rings (SSSR count). The van der Waals surface area contributed by atoms with Crippen LogP contribution < -0.4 is 0 Å². The van der Waals surface area contributed by atoms with Crippen molar-refractivity contribution in [2.75, 3.05) is 6.61 Å². The van der Waals surface area contributed by atoms with Crippen molar-refractivity contribution in [3.63, 3.8) is 0 Å². The molecule has 5 nitrogen and oxygen atoms in total. The predicted molar refractivity (Wildman–Crippen MR) is 65.0 cm³/mol. The van der Waals surface area contributed by atoms with E-state index in [0.717, 1.165) is 6.42 Å². The quantitative estimate of drug-likeness (QED) is 0.708. The van der Waals surface area contributed by atoms with Crippen LogP contribution in [0.3, 0.4) is 0 Å². The van der Waals surface area contributed by atoms with E-state index in [1.54, 1.807) is 11.8 Å². The second-order valence-corrected chi connectivity index (χ2v) is 5.95. The summed E-state index contributed by atoms with van der Waals surface area (Å²) in [5, 5.41) is 0. The Balaban J connectivity index is 2.04. The van der Waals surface area contributed by atoms with E-state index in [1.807, 2.05) is 20.8 Å². The van der Waals surface area contributed by atoms with Gasteiger partial charge in [-0.3, -0.25) is 4.90 Å². The van der Waals surface area contributed by atoms with E-state index < -0.39 is 17.7 Å². The number of likely N-dealkylation sites (tertiary alicyclic amines) is 1. The molecule has 2 fully saturated rings. The van der Waals surface area contributed by atoms with Crippen LogP contribution in [0.25, 0.3) is 0 Å². The Kier molecular flexibility index (Phi) is 3.25. The van der Waals surface area contributed by atoms with E-state index in [2.05, 4.69) is 0 Å². The largest absolute Gasteiger partial charge is 0.464 e. The zero-order valence-corrected chi connectivity index (χ0v) is 11.4. The number of piperidine rings is 1. The van der Waals surface area contributed by atoms with Crippen LogP contribution in [0, 0.1) is 5.92 Å². The molecule has 0 bridgehead atoms. The van der Waals surface area contributed by atoms with Crippen molar-refractivity contribution in [3.8, 4) is 0 Å². The maximum Gasteiger partial charge on any atom is 0.411 e. The highest BCUT2D eigenvalue weighted by atomic mass is 16.6. The summed E-state index contributed by atoms with van der Waals surface area (Å²) in [5.74, 6) is 0.141. The van der Waals surface area contributed by atoms with Gasteiger partial charge in [-0.2, -0.15) is 0 Å². The number of hydrogen-bond donors (Lipinski definition) is 0. The zero-order valence-electron chi connectivity index (χ0n) is 11.4. The molecule has 0 spiro atoms. The third kappa shape index (κ3) is 2.60. The second kappa shape index (κ2) is 4.44. The molecule has 0 aromatic carbocycles. The lowest BCUT2D eigenvalue weighted by molar-refractivity contribution is -0.148. The fourth-order valence-electron chi connectivity index (χ4n) is 2.48. The maximum absolute atomic E-state index is 12.1. The van der Waals surface area contributed by atoms with E-state index in [1.165, 1.54) is 0 Å². The Morgan fingerprint density at radius 2 is 1.94 bits per heavy atom. The molecule has 1 aliphatic carbocycles. The number of hydrogen-bond acceptors (Lipinski definition) is 4. The van der Waals surface area contributed by atoms with Gasteiger partial charge in [0.1, 0.15) is 11.6 Å². The topological polar surface area (TPSA) is 55.8 Å². The second-order valence-electron chi connectivity index (χ2n) is 5.95. The molecule has 1 saturated carbocycles. The molecule has 3 atom stereocenters. The first-order valence-electron chi connectivity index (χ1n) is 6.51. The van der Waals surface area contributed by atoms with E-state index in [0.29, 0.717) is 18.9 Å². The molecule has 0 radical (unpaired) electrons. The summed E-state index contributed by atoms with van der Waals surface area (Å²) in [5.41, 5.74) is -0.538. The van der Waals surface area contributed by atoms with Gasteiger partial charge in [0.05, 0.1) is 6.61 Å². The minimum atomic E-state index is -0.538. The average molecular weight is 255 g/mol. The minimum Gasteiger partial charge on any atom is -0.464 e. The molecule has 0 aromatic rings. The third-order valence-corrected chi connectivity index (χ3v) is 3.27. The normalized spacial score (nSPS) is 29.8. The molecule has 1 saturated heterocycles. The van der Waals surface area contributed by atoms with Crippen molar-refractivity contribution < 1.29 is 19.1 Å². The number of fused-ring (bicyclic) bond motifs is 1. The molecular weight excluding hydrogens is 234 g/mol. The minimum absolute atomic E-state index is 0.175. The highest BCUT2D eigenvalue weighted by molar-refractivity contribution is 5.83. The molecule has 1 amide bonds. The number of carbonyl (C=O) groups excluding carboxylic acids is 2. The van der Waals surface area contributed by atoms with Crippen LogP contribution in [-0.2, 0) is 14.3 Å². The number of carbonyl (C=O) groups is 2. The fourth-order valence-corrected chi connectivity index (χ4v) is 2.48. The molecular formula is C13H21NO4. The predicted octanol–water partition coefficient (Wildman–Crippen LogP) is 1.95. The van der Waals surface area contributed by atoms with Crippen LogP contribution in [0.4, 0.5) is 4.79 Å². The Morgan fingerprint density at radius 1 is 1.28 bits per heavy atom. The molecule has 5 heteroatoms. The standard InChI is InChI=1S/C13H21NO4/c1-5-17-11(15)10-7-8-6-9(8)14(10)12(16)18-13(2,3)4/h8-10H,5-7H2,1-4H3/t8-,9-,10-/m1/s1. The van der Waals surface area contributed by atoms with E-state index >= 15 is 0 Å². The van der Waals surface area contributed by atoms with Gasteiger partial charge in [0.25, 0.3) is 0 Å². The third-order valence-electron chi connectivity index (χ3n) is 3.27. The van der Waals surface area contributed by atoms with Gasteiger partial charge in [-0.1, -0.05) is 0 Å². The summed E-state index contributed by atoms with van der Waals surface area (Å²) in [7, 11) is 0. The van der Waals surface area contributed by atoms with Crippen LogP contribution in [0.5, 0.6) is 0 Å². The fraction of sp³-hybridized carbons (Fsp3) is 0.846. The van der Waals surface area contributed by atoms with Crippen LogP contribution >= 0.6 is 0 Å². The van der Waals surface area contributed by atoms with Gasteiger partial charge in [-0.15, -0.1) is 0 Å². The van der Waals surface area contributed by atoms with Gasteiger partial charge < -0.3 is 9.47 Å². The van der Waals surface area contributed by atoms with Crippen LogP contribution in [0.2, 0.25) is 0 Å². The molecule has 0 aromatic heterocycles. The Bertz CT molecular complexity index is 360.